The number of carbonyl (C=O) groups is 1. The molecule has 156 valence electrons. The summed E-state index contributed by atoms with van der Waals surface area (Å²) in [4.78, 5) is 16.8. The molecule has 0 heterocycles. The Hall–Kier alpha value is -2.24. The highest BCUT2D eigenvalue weighted by Gasteiger charge is 2.20. The van der Waals surface area contributed by atoms with E-state index in [-0.39, 0.29) is 11.8 Å². The Kier molecular flexibility index (Phi) is 9.66. The van der Waals surface area contributed by atoms with Crippen LogP contribution in [0.15, 0.2) is 23.2 Å². The summed E-state index contributed by atoms with van der Waals surface area (Å²) < 4.78 is 5.39. The molecule has 1 aromatic rings. The van der Waals surface area contributed by atoms with Crippen LogP contribution in [0.5, 0.6) is 5.75 Å². The number of rotatable bonds is 9. The molecule has 0 atom stereocenters. The Labute approximate surface area is 169 Å². The summed E-state index contributed by atoms with van der Waals surface area (Å²) in [5.74, 6) is 2.12. The maximum atomic E-state index is 12.2. The van der Waals surface area contributed by atoms with E-state index >= 15 is 0 Å². The van der Waals surface area contributed by atoms with E-state index in [2.05, 4.69) is 39.1 Å². The van der Waals surface area contributed by atoms with Gasteiger partial charge in [0.1, 0.15) is 5.75 Å². The van der Waals surface area contributed by atoms with Crippen LogP contribution in [-0.2, 0) is 11.2 Å². The van der Waals surface area contributed by atoms with E-state index in [1.54, 1.807) is 7.11 Å². The first-order chi connectivity index (χ1) is 13.6. The molecule has 28 heavy (non-hydrogen) atoms. The number of aryl methyl sites for hydroxylation is 1. The van der Waals surface area contributed by atoms with Crippen molar-refractivity contribution in [1.82, 2.24) is 16.0 Å². The van der Waals surface area contributed by atoms with Gasteiger partial charge in [-0.15, -0.1) is 0 Å². The zero-order valence-corrected chi connectivity index (χ0v) is 17.6. The van der Waals surface area contributed by atoms with E-state index in [0.717, 1.165) is 43.1 Å². The number of benzene rings is 1. The molecule has 6 heteroatoms. The lowest BCUT2D eigenvalue weighted by Gasteiger charge is -2.21. The van der Waals surface area contributed by atoms with Crippen molar-refractivity contribution in [2.24, 2.45) is 10.9 Å². The summed E-state index contributed by atoms with van der Waals surface area (Å²) in [6.07, 6.45) is 6.55. The van der Waals surface area contributed by atoms with E-state index in [1.807, 2.05) is 13.8 Å². The normalized spacial score (nSPS) is 15.2. The van der Waals surface area contributed by atoms with Crippen molar-refractivity contribution in [3.8, 4) is 5.75 Å². The van der Waals surface area contributed by atoms with Crippen molar-refractivity contribution in [1.29, 1.82) is 0 Å². The number of aliphatic imine (C=N–C) groups is 1. The van der Waals surface area contributed by atoms with Crippen LogP contribution in [0.2, 0.25) is 0 Å². The molecule has 1 saturated carbocycles. The smallest absolute Gasteiger partial charge is 0.223 e. The molecule has 0 bridgehead atoms. The van der Waals surface area contributed by atoms with Crippen LogP contribution >= 0.6 is 0 Å². The van der Waals surface area contributed by atoms with E-state index in [0.29, 0.717) is 19.6 Å². The average molecular weight is 389 g/mol. The van der Waals surface area contributed by atoms with Crippen molar-refractivity contribution in [3.05, 3.63) is 29.3 Å². The van der Waals surface area contributed by atoms with Crippen LogP contribution in [-0.4, -0.2) is 45.2 Å². The predicted octanol–water partition coefficient (Wildman–Crippen LogP) is 2.80. The molecule has 0 spiro atoms. The molecule has 3 N–H and O–H groups in total. The number of amides is 1. The lowest BCUT2D eigenvalue weighted by atomic mass is 9.89. The summed E-state index contributed by atoms with van der Waals surface area (Å²) >= 11 is 0. The molecule has 1 aromatic carbocycles. The third kappa shape index (κ3) is 7.41. The Bertz CT molecular complexity index is 639. The van der Waals surface area contributed by atoms with Crippen molar-refractivity contribution in [2.75, 3.05) is 33.3 Å². The Morgan fingerprint density at radius 2 is 1.89 bits per heavy atom. The lowest BCUT2D eigenvalue weighted by molar-refractivity contribution is -0.125. The van der Waals surface area contributed by atoms with Gasteiger partial charge >= 0.3 is 0 Å². The number of nitrogens with one attached hydrogen (secondary N) is 3. The number of hydrogen-bond acceptors (Lipinski definition) is 3. The van der Waals surface area contributed by atoms with Gasteiger partial charge in [-0.05, 0) is 50.3 Å². The van der Waals surface area contributed by atoms with E-state index < -0.39 is 0 Å². The van der Waals surface area contributed by atoms with Gasteiger partial charge in [0.05, 0.1) is 7.11 Å². The van der Waals surface area contributed by atoms with Gasteiger partial charge in [-0.25, -0.2) is 0 Å². The highest BCUT2D eigenvalue weighted by Crippen LogP contribution is 2.23. The summed E-state index contributed by atoms with van der Waals surface area (Å²) in [6, 6.07) is 6.27. The monoisotopic (exact) mass is 388 g/mol. The molecule has 0 saturated heterocycles. The van der Waals surface area contributed by atoms with Crippen LogP contribution < -0.4 is 20.7 Å². The van der Waals surface area contributed by atoms with Gasteiger partial charge in [0, 0.05) is 32.1 Å². The fraction of sp³-hybridized carbons (Fsp3) is 0.636. The third-order valence-corrected chi connectivity index (χ3v) is 5.18. The van der Waals surface area contributed by atoms with Crippen LogP contribution in [0.1, 0.15) is 50.2 Å². The third-order valence-electron chi connectivity index (χ3n) is 5.18. The zero-order chi connectivity index (χ0) is 20.2. The van der Waals surface area contributed by atoms with Crippen molar-refractivity contribution >= 4 is 11.9 Å². The summed E-state index contributed by atoms with van der Waals surface area (Å²) in [7, 11) is 1.70. The maximum absolute atomic E-state index is 12.2. The molecule has 1 aliphatic carbocycles. The SMILES string of the molecule is CCNC(=NCCc1ccc(C)c(OC)c1)NCCNC(=O)C1CCCCC1. The van der Waals surface area contributed by atoms with Crippen LogP contribution in [0.25, 0.3) is 0 Å². The minimum Gasteiger partial charge on any atom is -0.496 e. The molecular weight excluding hydrogens is 352 g/mol. The Morgan fingerprint density at radius 1 is 1.14 bits per heavy atom. The number of methoxy groups -OCH3 is 1. The zero-order valence-electron chi connectivity index (χ0n) is 17.6. The minimum absolute atomic E-state index is 0.205. The lowest BCUT2D eigenvalue weighted by Crippen LogP contribution is -2.42. The van der Waals surface area contributed by atoms with Gasteiger partial charge in [-0.2, -0.15) is 0 Å². The first kappa shape index (κ1) is 22.1. The van der Waals surface area contributed by atoms with Gasteiger partial charge in [0.15, 0.2) is 5.96 Å². The summed E-state index contributed by atoms with van der Waals surface area (Å²) in [5, 5.41) is 9.60. The summed E-state index contributed by atoms with van der Waals surface area (Å²) in [6.45, 7) is 6.88. The fourth-order valence-electron chi connectivity index (χ4n) is 3.53. The van der Waals surface area contributed by atoms with Crippen molar-refractivity contribution in [2.45, 2.75) is 52.4 Å². The van der Waals surface area contributed by atoms with E-state index in [1.165, 1.54) is 24.8 Å². The number of carbonyl (C=O) groups excluding carboxylic acids is 1. The van der Waals surface area contributed by atoms with Crippen LogP contribution in [0.4, 0.5) is 0 Å². The molecule has 6 nitrogen and oxygen atoms in total. The highest BCUT2D eigenvalue weighted by atomic mass is 16.5. The first-order valence-corrected chi connectivity index (χ1v) is 10.6. The van der Waals surface area contributed by atoms with Crippen LogP contribution in [0.3, 0.4) is 0 Å². The van der Waals surface area contributed by atoms with Crippen molar-refractivity contribution in [3.63, 3.8) is 0 Å². The second kappa shape index (κ2) is 12.3. The van der Waals surface area contributed by atoms with Gasteiger partial charge in [0.2, 0.25) is 5.91 Å². The van der Waals surface area contributed by atoms with E-state index in [9.17, 15) is 4.79 Å². The largest absolute Gasteiger partial charge is 0.496 e. The molecule has 0 aliphatic heterocycles. The van der Waals surface area contributed by atoms with E-state index in [4.69, 9.17) is 4.74 Å². The van der Waals surface area contributed by atoms with Gasteiger partial charge < -0.3 is 20.7 Å². The molecule has 0 radical (unpaired) electrons. The molecule has 1 fully saturated rings. The minimum atomic E-state index is 0.205. The molecule has 2 rings (SSSR count). The Morgan fingerprint density at radius 3 is 2.61 bits per heavy atom. The number of hydrogen-bond donors (Lipinski definition) is 3. The number of ether oxygens (including phenoxy) is 1. The number of nitrogens with zero attached hydrogens (tertiary/aromatic N) is 1. The molecular formula is C22H36N4O2. The van der Waals surface area contributed by atoms with Crippen LogP contribution in [0, 0.1) is 12.8 Å². The predicted molar refractivity (Wildman–Crippen MR) is 115 cm³/mol. The Balaban J connectivity index is 1.73. The maximum Gasteiger partial charge on any atom is 0.223 e. The molecule has 1 aliphatic rings. The number of guanidine groups is 1. The standard InChI is InChI=1S/C22H36N4O2/c1-4-23-22(25-13-12-18-11-10-17(2)20(16-18)28-3)26-15-14-24-21(27)19-8-6-5-7-9-19/h10-11,16,19H,4-9,12-15H2,1-3H3,(H,24,27)(H2,23,25,26). The molecule has 0 unspecified atom stereocenters. The van der Waals surface area contributed by atoms with Gasteiger partial charge in [0.25, 0.3) is 0 Å². The topological polar surface area (TPSA) is 74.8 Å². The summed E-state index contributed by atoms with van der Waals surface area (Å²) in [5.41, 5.74) is 2.35. The second-order valence-corrected chi connectivity index (χ2v) is 7.37. The fourth-order valence-corrected chi connectivity index (χ4v) is 3.53. The molecule has 0 aromatic heterocycles. The van der Waals surface area contributed by atoms with Gasteiger partial charge in [-0.1, -0.05) is 31.4 Å². The average Bonchev–Trinajstić information content (AvgIpc) is 2.72. The molecule has 1 amide bonds. The highest BCUT2D eigenvalue weighted by molar-refractivity contribution is 5.80. The van der Waals surface area contributed by atoms with Gasteiger partial charge in [-0.3, -0.25) is 9.79 Å². The first-order valence-electron chi connectivity index (χ1n) is 10.6. The second-order valence-electron chi connectivity index (χ2n) is 7.37. The quantitative estimate of drug-likeness (QED) is 0.345. The van der Waals surface area contributed by atoms with Crippen molar-refractivity contribution < 1.29 is 9.53 Å².